The molecule has 0 aliphatic carbocycles. The summed E-state index contributed by atoms with van der Waals surface area (Å²) in [6, 6.07) is 19.3. The van der Waals surface area contributed by atoms with Crippen LogP contribution < -0.4 is 10.2 Å². The molecular weight excluding hydrogens is 623 g/mol. The smallest absolute Gasteiger partial charge is 0.310 e. The summed E-state index contributed by atoms with van der Waals surface area (Å²) >= 11 is 1.42. The fraction of sp³-hybridized carbons (Fsp3) is 0.395. The van der Waals surface area contributed by atoms with Gasteiger partial charge in [0, 0.05) is 43.0 Å². The zero-order chi connectivity index (χ0) is 34.0. The number of carboxylic acids is 1. The maximum absolute atomic E-state index is 13.5. The van der Waals surface area contributed by atoms with Crippen LogP contribution in [0.1, 0.15) is 70.8 Å². The molecule has 1 atom stereocenters. The molecule has 2 amide bonds. The number of rotatable bonds is 9. The van der Waals surface area contributed by atoms with Crippen molar-refractivity contribution in [1.29, 1.82) is 0 Å². The Bertz CT molecular complexity index is 1770. The van der Waals surface area contributed by atoms with Crippen molar-refractivity contribution >= 4 is 34.8 Å². The molecule has 48 heavy (non-hydrogen) atoms. The molecule has 0 spiro atoms. The third-order valence-corrected chi connectivity index (χ3v) is 11.0. The Kier molecular flexibility index (Phi) is 9.64. The second-order valence-corrected chi connectivity index (χ2v) is 15.1. The highest BCUT2D eigenvalue weighted by Gasteiger charge is 2.39. The summed E-state index contributed by atoms with van der Waals surface area (Å²) in [6.45, 7) is 10.7. The van der Waals surface area contributed by atoms with E-state index in [-0.39, 0.29) is 36.7 Å². The lowest BCUT2D eigenvalue weighted by atomic mass is 9.87. The number of carbonyl (C=O) groups is 3. The number of likely N-dealkylation sites (tertiary alicyclic amines) is 1. The Morgan fingerprint density at radius 3 is 2.23 bits per heavy atom. The molecule has 2 aromatic carbocycles. The number of hydrogen-bond acceptors (Lipinski definition) is 7. The molecule has 4 heterocycles. The number of thiophene rings is 1. The Hall–Kier alpha value is -4.57. The molecule has 10 heteroatoms. The van der Waals surface area contributed by atoms with Gasteiger partial charge in [0.05, 0.1) is 28.9 Å². The zero-order valence-electron chi connectivity index (χ0n) is 28.0. The van der Waals surface area contributed by atoms with E-state index in [0.717, 1.165) is 47.6 Å². The number of piperidine rings is 1. The highest BCUT2D eigenvalue weighted by atomic mass is 32.1. The molecule has 2 saturated heterocycles. The highest BCUT2D eigenvalue weighted by molar-refractivity contribution is 7.14. The lowest BCUT2D eigenvalue weighted by molar-refractivity contribution is -0.153. The molecule has 2 aliphatic rings. The molecule has 2 aromatic heterocycles. The van der Waals surface area contributed by atoms with Gasteiger partial charge in [-0.1, -0.05) is 69.3 Å². The van der Waals surface area contributed by atoms with Crippen molar-refractivity contribution in [3.05, 3.63) is 99.5 Å². The van der Waals surface area contributed by atoms with E-state index in [0.29, 0.717) is 16.6 Å². The second-order valence-electron chi connectivity index (χ2n) is 14.0. The molecule has 2 aliphatic heterocycles. The molecule has 4 aromatic rings. The van der Waals surface area contributed by atoms with Crippen molar-refractivity contribution in [1.82, 2.24) is 20.2 Å². The number of aromatic nitrogens is 2. The first-order chi connectivity index (χ1) is 23.0. The molecule has 0 saturated carbocycles. The number of nitrogens with one attached hydrogen (secondary N) is 1. The van der Waals surface area contributed by atoms with Gasteiger partial charge in [0.2, 0.25) is 5.91 Å². The van der Waals surface area contributed by atoms with Crippen LogP contribution in [0.25, 0.3) is 11.4 Å². The summed E-state index contributed by atoms with van der Waals surface area (Å²) < 4.78 is 0. The fourth-order valence-electron chi connectivity index (χ4n) is 6.48. The number of benzene rings is 2. The van der Waals surface area contributed by atoms with Crippen molar-refractivity contribution in [3.8, 4) is 11.4 Å². The Labute approximate surface area is 286 Å². The van der Waals surface area contributed by atoms with Gasteiger partial charge in [-0.15, -0.1) is 11.3 Å². The Morgan fingerprint density at radius 1 is 0.958 bits per heavy atom. The molecule has 0 bridgehead atoms. The SMILES string of the molecule is Cc1ccccc1C1CCN(c2cnc(-c3ccc(C[C@H](NC(=O)c4ccc(C(C)(C)C)s4)C(=O)N4CC(C(=O)O)C4)cc3)nc2)CC1. The first-order valence-corrected chi connectivity index (χ1v) is 17.4. The maximum atomic E-state index is 13.5. The van der Waals surface area contributed by atoms with Crippen LogP contribution in [0.2, 0.25) is 0 Å². The van der Waals surface area contributed by atoms with Crippen LogP contribution in [-0.2, 0) is 21.4 Å². The van der Waals surface area contributed by atoms with Crippen molar-refractivity contribution in [2.24, 2.45) is 5.92 Å². The van der Waals surface area contributed by atoms with Crippen molar-refractivity contribution in [2.45, 2.75) is 64.3 Å². The van der Waals surface area contributed by atoms with Crippen LogP contribution >= 0.6 is 11.3 Å². The summed E-state index contributed by atoms with van der Waals surface area (Å²) in [5.74, 6) is -0.884. The molecular formula is C38H43N5O4S. The molecule has 6 rings (SSSR count). The third-order valence-electron chi connectivity index (χ3n) is 9.49. The minimum atomic E-state index is -0.915. The fourth-order valence-corrected chi connectivity index (χ4v) is 7.45. The number of amides is 2. The second kappa shape index (κ2) is 13.9. The van der Waals surface area contributed by atoms with Gasteiger partial charge < -0.3 is 20.2 Å². The van der Waals surface area contributed by atoms with Crippen LogP contribution in [-0.4, -0.2) is 70.0 Å². The van der Waals surface area contributed by atoms with Gasteiger partial charge in [0.1, 0.15) is 6.04 Å². The van der Waals surface area contributed by atoms with Crippen LogP contribution in [0.4, 0.5) is 5.69 Å². The van der Waals surface area contributed by atoms with Crippen LogP contribution in [0, 0.1) is 12.8 Å². The zero-order valence-corrected chi connectivity index (χ0v) is 28.8. The van der Waals surface area contributed by atoms with E-state index in [1.807, 2.05) is 42.7 Å². The number of aryl methyl sites for hydroxylation is 1. The van der Waals surface area contributed by atoms with E-state index >= 15 is 0 Å². The summed E-state index contributed by atoms with van der Waals surface area (Å²) in [7, 11) is 0. The minimum Gasteiger partial charge on any atom is -0.481 e. The number of anilines is 1. The standard InChI is InChI=1S/C38H43N5O4S/c1-24-7-5-6-8-30(24)26-15-17-42(18-16-26)29-20-39-34(40-21-29)27-11-9-25(10-12-27)19-31(36(45)43-22-28(23-43)37(46)47)41-35(44)32-13-14-33(48-32)38(2,3)4/h5-14,20-21,26,28,31H,15-19,22-23H2,1-4H3,(H,41,44)(H,46,47)/t31-/m0/s1. The number of carboxylic acid groups (broad SMARTS) is 1. The molecule has 2 N–H and O–H groups in total. The molecule has 2 fully saturated rings. The van der Waals surface area contributed by atoms with Crippen molar-refractivity contribution in [2.75, 3.05) is 31.1 Å². The number of carbonyl (C=O) groups excluding carboxylic acids is 2. The van der Waals surface area contributed by atoms with Gasteiger partial charge in [-0.2, -0.15) is 0 Å². The average molecular weight is 666 g/mol. The predicted octanol–water partition coefficient (Wildman–Crippen LogP) is 6.08. The van der Waals surface area contributed by atoms with Gasteiger partial charge in [0.15, 0.2) is 5.82 Å². The molecule has 9 nitrogen and oxygen atoms in total. The van der Waals surface area contributed by atoms with Gasteiger partial charge in [-0.05, 0) is 59.9 Å². The van der Waals surface area contributed by atoms with Gasteiger partial charge in [-0.25, -0.2) is 9.97 Å². The first kappa shape index (κ1) is 33.3. The normalized spacial score (nSPS) is 16.3. The van der Waals surface area contributed by atoms with Gasteiger partial charge in [-0.3, -0.25) is 14.4 Å². The summed E-state index contributed by atoms with van der Waals surface area (Å²) in [6.07, 6.45) is 6.25. The summed E-state index contributed by atoms with van der Waals surface area (Å²) in [5.41, 5.74) is 5.46. The van der Waals surface area contributed by atoms with E-state index in [9.17, 15) is 19.5 Å². The van der Waals surface area contributed by atoms with Crippen LogP contribution in [0.5, 0.6) is 0 Å². The lowest BCUT2D eigenvalue weighted by Crippen LogP contribution is -2.59. The number of aliphatic carboxylic acids is 1. The predicted molar refractivity (Wildman–Crippen MR) is 189 cm³/mol. The van der Waals surface area contributed by atoms with Crippen LogP contribution in [0.3, 0.4) is 0 Å². The van der Waals surface area contributed by atoms with E-state index in [4.69, 9.17) is 0 Å². The Balaban J connectivity index is 1.10. The number of nitrogens with zero attached hydrogens (tertiary/aromatic N) is 4. The maximum Gasteiger partial charge on any atom is 0.310 e. The van der Waals surface area contributed by atoms with Crippen LogP contribution in [0.15, 0.2) is 73.1 Å². The van der Waals surface area contributed by atoms with E-state index in [1.54, 1.807) is 6.07 Å². The lowest BCUT2D eigenvalue weighted by Gasteiger charge is -2.38. The molecule has 0 unspecified atom stereocenters. The minimum absolute atomic E-state index is 0.0906. The summed E-state index contributed by atoms with van der Waals surface area (Å²) in [5, 5.41) is 12.2. The van der Waals surface area contributed by atoms with E-state index < -0.39 is 17.9 Å². The number of hydrogen-bond donors (Lipinski definition) is 2. The molecule has 250 valence electrons. The quantitative estimate of drug-likeness (QED) is 0.223. The molecule has 0 radical (unpaired) electrons. The monoisotopic (exact) mass is 665 g/mol. The average Bonchev–Trinajstić information content (AvgIpc) is 3.56. The van der Waals surface area contributed by atoms with E-state index in [2.05, 4.69) is 72.1 Å². The van der Waals surface area contributed by atoms with Gasteiger partial charge in [0.25, 0.3) is 5.91 Å². The van der Waals surface area contributed by atoms with Crippen molar-refractivity contribution in [3.63, 3.8) is 0 Å². The van der Waals surface area contributed by atoms with E-state index in [1.165, 1.54) is 27.4 Å². The third kappa shape index (κ3) is 7.44. The summed E-state index contributed by atoms with van der Waals surface area (Å²) in [4.78, 5) is 52.9. The topological polar surface area (TPSA) is 116 Å². The van der Waals surface area contributed by atoms with Gasteiger partial charge >= 0.3 is 5.97 Å². The largest absolute Gasteiger partial charge is 0.481 e. The first-order valence-electron chi connectivity index (χ1n) is 16.6. The highest BCUT2D eigenvalue weighted by Crippen LogP contribution is 2.32. The van der Waals surface area contributed by atoms with Crippen molar-refractivity contribution < 1.29 is 19.5 Å². The Morgan fingerprint density at radius 2 is 1.62 bits per heavy atom.